The van der Waals surface area contributed by atoms with Crippen LogP contribution in [0.1, 0.15) is 36.1 Å². The van der Waals surface area contributed by atoms with E-state index in [4.69, 9.17) is 9.47 Å². The molecular formula is C23H30N2O4. The standard InChI is InChI=1S/C23H30N2O4/c26-16-20(17-6-2-1-3-7-17)24-19(15-25-10-4-5-11-25)23(27)18-8-9-21-22(14-18)29-13-12-28-21/h1-3,6-9,14,19-20,23-24,26-27H,4-5,10-13,15-16H2/t19-,20+,23?/m1/s1. The molecule has 6 nitrogen and oxygen atoms in total. The van der Waals surface area contributed by atoms with Gasteiger partial charge >= 0.3 is 0 Å². The van der Waals surface area contributed by atoms with Crippen molar-refractivity contribution in [1.29, 1.82) is 0 Å². The van der Waals surface area contributed by atoms with Crippen LogP contribution in [0, 0.1) is 0 Å². The summed E-state index contributed by atoms with van der Waals surface area (Å²) in [5.74, 6) is 1.39. The van der Waals surface area contributed by atoms with Crippen LogP contribution in [0.5, 0.6) is 11.5 Å². The van der Waals surface area contributed by atoms with E-state index in [9.17, 15) is 10.2 Å². The van der Waals surface area contributed by atoms with Gasteiger partial charge in [0.05, 0.1) is 24.8 Å². The van der Waals surface area contributed by atoms with Gasteiger partial charge in [0.2, 0.25) is 0 Å². The molecule has 3 N–H and O–H groups in total. The summed E-state index contributed by atoms with van der Waals surface area (Å²) in [6.07, 6.45) is 1.65. The summed E-state index contributed by atoms with van der Waals surface area (Å²) >= 11 is 0. The Morgan fingerprint density at radius 2 is 1.66 bits per heavy atom. The Balaban J connectivity index is 1.55. The lowest BCUT2D eigenvalue weighted by atomic mass is 9.98. The van der Waals surface area contributed by atoms with Crippen molar-refractivity contribution in [3.05, 3.63) is 59.7 Å². The number of nitrogens with zero attached hydrogens (tertiary/aromatic N) is 1. The summed E-state index contributed by atoms with van der Waals surface area (Å²) in [4.78, 5) is 2.37. The second-order valence-corrected chi connectivity index (χ2v) is 7.77. The molecule has 156 valence electrons. The van der Waals surface area contributed by atoms with Crippen molar-refractivity contribution in [3.63, 3.8) is 0 Å². The molecule has 1 saturated heterocycles. The van der Waals surface area contributed by atoms with E-state index < -0.39 is 6.10 Å². The number of hydrogen-bond acceptors (Lipinski definition) is 6. The molecule has 1 unspecified atom stereocenters. The average Bonchev–Trinajstić information content (AvgIpc) is 3.29. The molecule has 6 heteroatoms. The van der Waals surface area contributed by atoms with Crippen molar-refractivity contribution in [2.45, 2.75) is 31.0 Å². The molecule has 2 aliphatic rings. The van der Waals surface area contributed by atoms with Crippen LogP contribution in [0.4, 0.5) is 0 Å². The summed E-state index contributed by atoms with van der Waals surface area (Å²) < 4.78 is 11.3. The first-order chi connectivity index (χ1) is 14.2. The molecule has 4 rings (SSSR count). The van der Waals surface area contributed by atoms with Crippen LogP contribution < -0.4 is 14.8 Å². The summed E-state index contributed by atoms with van der Waals surface area (Å²) in [5.41, 5.74) is 1.80. The Bertz CT molecular complexity index is 780. The molecule has 0 amide bonds. The molecular weight excluding hydrogens is 368 g/mol. The predicted octanol–water partition coefficient (Wildman–Crippen LogP) is 2.28. The number of fused-ring (bicyclic) bond motifs is 1. The Labute approximate surface area is 172 Å². The van der Waals surface area contributed by atoms with Gasteiger partial charge in [-0.3, -0.25) is 0 Å². The molecule has 0 aliphatic carbocycles. The number of aliphatic hydroxyl groups excluding tert-OH is 2. The highest BCUT2D eigenvalue weighted by Gasteiger charge is 2.28. The second-order valence-electron chi connectivity index (χ2n) is 7.77. The minimum absolute atomic E-state index is 0.0334. The molecule has 0 aromatic heterocycles. The zero-order valence-electron chi connectivity index (χ0n) is 16.7. The molecule has 1 fully saturated rings. The van der Waals surface area contributed by atoms with Gasteiger partial charge < -0.3 is 29.9 Å². The maximum absolute atomic E-state index is 11.3. The molecule has 0 spiro atoms. The van der Waals surface area contributed by atoms with Crippen molar-refractivity contribution in [2.75, 3.05) is 39.5 Å². The number of hydrogen-bond donors (Lipinski definition) is 3. The number of benzene rings is 2. The van der Waals surface area contributed by atoms with Crippen LogP contribution in [-0.2, 0) is 0 Å². The Morgan fingerprint density at radius 1 is 0.931 bits per heavy atom. The second kappa shape index (κ2) is 9.59. The minimum Gasteiger partial charge on any atom is -0.486 e. The third-order valence-corrected chi connectivity index (χ3v) is 5.74. The van der Waals surface area contributed by atoms with Gasteiger partial charge in [0.25, 0.3) is 0 Å². The van der Waals surface area contributed by atoms with Gasteiger partial charge in [0, 0.05) is 6.54 Å². The van der Waals surface area contributed by atoms with Crippen LogP contribution in [0.25, 0.3) is 0 Å². The van der Waals surface area contributed by atoms with Gasteiger partial charge in [0.15, 0.2) is 11.5 Å². The predicted molar refractivity (Wildman–Crippen MR) is 111 cm³/mol. The third kappa shape index (κ3) is 4.90. The zero-order chi connectivity index (χ0) is 20.1. The summed E-state index contributed by atoms with van der Waals surface area (Å²) in [6, 6.07) is 15.0. The maximum atomic E-state index is 11.3. The molecule has 0 radical (unpaired) electrons. The van der Waals surface area contributed by atoms with E-state index in [1.807, 2.05) is 48.5 Å². The lowest BCUT2D eigenvalue weighted by molar-refractivity contribution is 0.0908. The highest BCUT2D eigenvalue weighted by molar-refractivity contribution is 5.44. The average molecular weight is 399 g/mol. The number of ether oxygens (including phenoxy) is 2. The smallest absolute Gasteiger partial charge is 0.161 e. The Kier molecular flexibility index (Phi) is 6.67. The number of nitrogens with one attached hydrogen (secondary N) is 1. The molecule has 29 heavy (non-hydrogen) atoms. The van der Waals surface area contributed by atoms with Gasteiger partial charge in [-0.15, -0.1) is 0 Å². The van der Waals surface area contributed by atoms with E-state index in [0.717, 1.165) is 30.8 Å². The van der Waals surface area contributed by atoms with Crippen LogP contribution in [0.2, 0.25) is 0 Å². The highest BCUT2D eigenvalue weighted by Crippen LogP contribution is 2.34. The summed E-state index contributed by atoms with van der Waals surface area (Å²) in [6.45, 7) is 3.83. The van der Waals surface area contributed by atoms with E-state index in [1.165, 1.54) is 12.8 Å². The topological polar surface area (TPSA) is 74.2 Å². The molecule has 2 aromatic carbocycles. The fraction of sp³-hybridized carbons (Fsp3) is 0.478. The molecule has 2 aliphatic heterocycles. The van der Waals surface area contributed by atoms with Gasteiger partial charge in [-0.05, 0) is 49.2 Å². The fourth-order valence-electron chi connectivity index (χ4n) is 4.16. The molecule has 2 aromatic rings. The Hall–Kier alpha value is -2.12. The third-order valence-electron chi connectivity index (χ3n) is 5.74. The van der Waals surface area contributed by atoms with Gasteiger partial charge in [0.1, 0.15) is 13.2 Å². The van der Waals surface area contributed by atoms with Crippen LogP contribution in [0.15, 0.2) is 48.5 Å². The van der Waals surface area contributed by atoms with Gasteiger partial charge in [-0.2, -0.15) is 0 Å². The van der Waals surface area contributed by atoms with Crippen molar-refractivity contribution >= 4 is 0 Å². The van der Waals surface area contributed by atoms with E-state index in [1.54, 1.807) is 0 Å². The van der Waals surface area contributed by atoms with Crippen LogP contribution in [-0.4, -0.2) is 60.6 Å². The number of aliphatic hydroxyl groups is 2. The normalized spacial score (nSPS) is 19.7. The largest absolute Gasteiger partial charge is 0.486 e. The van der Waals surface area contributed by atoms with Crippen molar-refractivity contribution in [2.24, 2.45) is 0 Å². The van der Waals surface area contributed by atoms with Gasteiger partial charge in [-0.25, -0.2) is 0 Å². The monoisotopic (exact) mass is 398 g/mol. The molecule has 0 saturated carbocycles. The lowest BCUT2D eigenvalue weighted by Gasteiger charge is -2.32. The summed E-state index contributed by atoms with van der Waals surface area (Å²) in [7, 11) is 0. The molecule has 2 heterocycles. The zero-order valence-corrected chi connectivity index (χ0v) is 16.7. The van der Waals surface area contributed by atoms with Crippen LogP contribution in [0.3, 0.4) is 0 Å². The van der Waals surface area contributed by atoms with E-state index in [-0.39, 0.29) is 18.7 Å². The molecule has 3 atom stereocenters. The fourth-order valence-corrected chi connectivity index (χ4v) is 4.16. The van der Waals surface area contributed by atoms with E-state index in [0.29, 0.717) is 24.7 Å². The summed E-state index contributed by atoms with van der Waals surface area (Å²) in [5, 5.41) is 24.8. The maximum Gasteiger partial charge on any atom is 0.161 e. The van der Waals surface area contributed by atoms with Crippen molar-refractivity contribution in [1.82, 2.24) is 10.2 Å². The first kappa shape index (κ1) is 20.2. The first-order valence-corrected chi connectivity index (χ1v) is 10.5. The quantitative estimate of drug-likeness (QED) is 0.634. The first-order valence-electron chi connectivity index (χ1n) is 10.5. The Morgan fingerprint density at radius 3 is 2.38 bits per heavy atom. The van der Waals surface area contributed by atoms with E-state index in [2.05, 4.69) is 10.2 Å². The van der Waals surface area contributed by atoms with Gasteiger partial charge in [-0.1, -0.05) is 36.4 Å². The molecule has 0 bridgehead atoms. The number of rotatable bonds is 8. The highest BCUT2D eigenvalue weighted by atomic mass is 16.6. The minimum atomic E-state index is -0.732. The SMILES string of the molecule is OC[C@H](N[C@H](CN1CCCC1)C(O)c1ccc2c(c1)OCCO2)c1ccccc1. The van der Waals surface area contributed by atoms with Crippen LogP contribution >= 0.6 is 0 Å². The van der Waals surface area contributed by atoms with Crippen molar-refractivity contribution < 1.29 is 19.7 Å². The lowest BCUT2D eigenvalue weighted by Crippen LogP contribution is -2.46. The van der Waals surface area contributed by atoms with E-state index >= 15 is 0 Å². The van der Waals surface area contributed by atoms with Crippen molar-refractivity contribution in [3.8, 4) is 11.5 Å². The number of likely N-dealkylation sites (tertiary alicyclic amines) is 1.